The number of hydrogen-bond acceptors (Lipinski definition) is 6. The van der Waals surface area contributed by atoms with Crippen LogP contribution in [-0.4, -0.2) is 19.5 Å². The first-order valence-electron chi connectivity index (χ1n) is 9.87. The quantitative estimate of drug-likeness (QED) is 0.275. The van der Waals surface area contributed by atoms with Gasteiger partial charge >= 0.3 is 0 Å². The number of pyridine rings is 1. The van der Waals surface area contributed by atoms with Gasteiger partial charge < -0.3 is 4.42 Å². The molecular weight excluding hydrogens is 427 g/mol. The van der Waals surface area contributed by atoms with E-state index in [1.165, 1.54) is 28.5 Å². The summed E-state index contributed by atoms with van der Waals surface area (Å²) in [4.78, 5) is 26.7. The van der Waals surface area contributed by atoms with Crippen molar-refractivity contribution in [1.82, 2.24) is 19.5 Å². The van der Waals surface area contributed by atoms with E-state index in [1.54, 1.807) is 30.6 Å². The molecule has 3 heterocycles. The number of aromatic nitrogens is 4. The van der Waals surface area contributed by atoms with Gasteiger partial charge in [-0.05, 0) is 61.0 Å². The van der Waals surface area contributed by atoms with Crippen LogP contribution in [-0.2, 0) is 5.75 Å². The van der Waals surface area contributed by atoms with Crippen molar-refractivity contribution in [3.05, 3.63) is 101 Å². The second-order valence-corrected chi connectivity index (χ2v) is 8.10. The molecule has 3 aromatic heterocycles. The molecule has 8 heteroatoms. The molecule has 2 aromatic carbocycles. The zero-order valence-corrected chi connectivity index (χ0v) is 17.8. The average Bonchev–Trinajstić information content (AvgIpc) is 3.27. The van der Waals surface area contributed by atoms with Crippen molar-refractivity contribution in [2.24, 2.45) is 0 Å². The fourth-order valence-corrected chi connectivity index (χ4v) is 4.16. The molecule has 6 nitrogen and oxygen atoms in total. The van der Waals surface area contributed by atoms with Gasteiger partial charge in [0.15, 0.2) is 10.9 Å². The summed E-state index contributed by atoms with van der Waals surface area (Å²) in [5.74, 6) is 1.58. The molecule has 0 spiro atoms. The lowest BCUT2D eigenvalue weighted by Gasteiger charge is -2.12. The number of nitrogens with zero attached hydrogens (tertiary/aromatic N) is 4. The summed E-state index contributed by atoms with van der Waals surface area (Å²) in [6, 6.07) is 17.0. The van der Waals surface area contributed by atoms with Crippen molar-refractivity contribution in [1.29, 1.82) is 0 Å². The Kier molecular flexibility index (Phi) is 5.28. The van der Waals surface area contributed by atoms with Gasteiger partial charge in [-0.3, -0.25) is 4.79 Å². The zero-order chi connectivity index (χ0) is 22.1. The molecule has 0 aliphatic heterocycles. The Labute approximate surface area is 186 Å². The van der Waals surface area contributed by atoms with Crippen LogP contribution in [0.5, 0.6) is 0 Å². The molecule has 0 bridgehead atoms. The van der Waals surface area contributed by atoms with E-state index in [-0.39, 0.29) is 11.4 Å². The summed E-state index contributed by atoms with van der Waals surface area (Å²) in [6.45, 7) is 1.95. The maximum absolute atomic E-state index is 13.3. The Morgan fingerprint density at radius 2 is 1.88 bits per heavy atom. The van der Waals surface area contributed by atoms with E-state index >= 15 is 0 Å². The van der Waals surface area contributed by atoms with Crippen molar-refractivity contribution in [3.63, 3.8) is 0 Å². The minimum absolute atomic E-state index is 0.185. The summed E-state index contributed by atoms with van der Waals surface area (Å²) < 4.78 is 20.5. The lowest BCUT2D eigenvalue weighted by molar-refractivity contribution is 0.529. The number of oxazole rings is 1. The van der Waals surface area contributed by atoms with Crippen LogP contribution in [0.3, 0.4) is 0 Å². The van der Waals surface area contributed by atoms with E-state index in [1.807, 2.05) is 37.3 Å². The van der Waals surface area contributed by atoms with Crippen molar-refractivity contribution >= 4 is 22.7 Å². The number of rotatable bonds is 5. The van der Waals surface area contributed by atoms with E-state index in [0.717, 1.165) is 11.1 Å². The standard InChI is InChI=1S/C24H17FN4O2S/c1-15-10-11-26-21(12-15)29-23(30)18-4-2-3-5-19(18)28-24(29)32-14-22-27-13-20(31-22)16-6-8-17(25)9-7-16/h2-13H,14H2,1H3. The fourth-order valence-electron chi connectivity index (χ4n) is 3.30. The Morgan fingerprint density at radius 1 is 1.06 bits per heavy atom. The van der Waals surface area contributed by atoms with Crippen LogP contribution in [0.15, 0.2) is 87.4 Å². The minimum atomic E-state index is -0.311. The Bertz CT molecular complexity index is 1480. The van der Waals surface area contributed by atoms with Gasteiger partial charge in [0.25, 0.3) is 5.56 Å². The number of thioether (sulfide) groups is 1. The number of halogens is 1. The molecule has 0 saturated carbocycles. The van der Waals surface area contributed by atoms with Gasteiger partial charge in [-0.1, -0.05) is 23.9 Å². The van der Waals surface area contributed by atoms with Crippen LogP contribution in [0.2, 0.25) is 0 Å². The minimum Gasteiger partial charge on any atom is -0.440 e. The van der Waals surface area contributed by atoms with Crippen LogP contribution < -0.4 is 5.56 Å². The molecule has 5 rings (SSSR count). The number of benzene rings is 2. The third-order valence-electron chi connectivity index (χ3n) is 4.88. The SMILES string of the molecule is Cc1ccnc(-n2c(SCc3ncc(-c4ccc(F)cc4)o3)nc3ccccc3c2=O)c1. The molecule has 0 unspecified atom stereocenters. The number of fused-ring (bicyclic) bond motifs is 1. The van der Waals surface area contributed by atoms with Crippen LogP contribution in [0.1, 0.15) is 11.5 Å². The van der Waals surface area contributed by atoms with Crippen molar-refractivity contribution in [3.8, 4) is 17.1 Å². The molecule has 0 aliphatic rings. The Hall–Kier alpha value is -3.78. The summed E-state index contributed by atoms with van der Waals surface area (Å²) >= 11 is 1.34. The van der Waals surface area contributed by atoms with Crippen molar-refractivity contribution in [2.75, 3.05) is 0 Å². The first-order chi connectivity index (χ1) is 15.6. The molecule has 32 heavy (non-hydrogen) atoms. The highest BCUT2D eigenvalue weighted by Crippen LogP contribution is 2.27. The van der Waals surface area contributed by atoms with E-state index in [2.05, 4.69) is 9.97 Å². The van der Waals surface area contributed by atoms with E-state index in [0.29, 0.717) is 39.3 Å². The highest BCUT2D eigenvalue weighted by molar-refractivity contribution is 7.98. The second kappa shape index (κ2) is 8.39. The van der Waals surface area contributed by atoms with Crippen molar-refractivity contribution in [2.45, 2.75) is 17.8 Å². The summed E-state index contributed by atoms with van der Waals surface area (Å²) in [5.41, 5.74) is 2.15. The monoisotopic (exact) mass is 444 g/mol. The molecule has 0 radical (unpaired) electrons. The normalized spacial score (nSPS) is 11.2. The van der Waals surface area contributed by atoms with Crippen molar-refractivity contribution < 1.29 is 8.81 Å². The third-order valence-corrected chi connectivity index (χ3v) is 5.81. The first-order valence-corrected chi connectivity index (χ1v) is 10.9. The van der Waals surface area contributed by atoms with Gasteiger partial charge in [0.1, 0.15) is 11.6 Å². The maximum atomic E-state index is 13.3. The molecule has 158 valence electrons. The fraction of sp³-hybridized carbons (Fsp3) is 0.0833. The largest absolute Gasteiger partial charge is 0.440 e. The lowest BCUT2D eigenvalue weighted by Crippen LogP contribution is -2.22. The smallest absolute Gasteiger partial charge is 0.267 e. The summed E-state index contributed by atoms with van der Waals surface area (Å²) in [6.07, 6.45) is 3.27. The molecule has 0 saturated heterocycles. The molecule has 0 amide bonds. The molecule has 0 fully saturated rings. The number of para-hydroxylation sites is 1. The summed E-state index contributed by atoms with van der Waals surface area (Å²) in [5, 5.41) is 1.02. The van der Waals surface area contributed by atoms with Gasteiger partial charge in [-0.15, -0.1) is 0 Å². The zero-order valence-electron chi connectivity index (χ0n) is 17.0. The van der Waals surface area contributed by atoms with Crippen LogP contribution in [0, 0.1) is 12.7 Å². The first kappa shape index (κ1) is 20.1. The van der Waals surface area contributed by atoms with Crippen LogP contribution >= 0.6 is 11.8 Å². The van der Waals surface area contributed by atoms with Gasteiger partial charge in [0.2, 0.25) is 5.89 Å². The Morgan fingerprint density at radius 3 is 2.69 bits per heavy atom. The average molecular weight is 444 g/mol. The number of hydrogen-bond donors (Lipinski definition) is 0. The van der Waals surface area contributed by atoms with E-state index < -0.39 is 0 Å². The van der Waals surface area contributed by atoms with Gasteiger partial charge in [-0.2, -0.15) is 0 Å². The number of aryl methyl sites for hydroxylation is 1. The second-order valence-electron chi connectivity index (χ2n) is 7.16. The third kappa shape index (κ3) is 3.92. The van der Waals surface area contributed by atoms with Gasteiger partial charge in [-0.25, -0.2) is 23.9 Å². The lowest BCUT2D eigenvalue weighted by atomic mass is 10.2. The molecular formula is C24H17FN4O2S. The maximum Gasteiger partial charge on any atom is 0.267 e. The molecule has 0 aliphatic carbocycles. The molecule has 0 N–H and O–H groups in total. The molecule has 5 aromatic rings. The van der Waals surface area contributed by atoms with Crippen LogP contribution in [0.4, 0.5) is 4.39 Å². The predicted molar refractivity (Wildman–Crippen MR) is 121 cm³/mol. The Balaban J connectivity index is 1.51. The highest BCUT2D eigenvalue weighted by atomic mass is 32.2. The van der Waals surface area contributed by atoms with Crippen LogP contribution in [0.25, 0.3) is 28.0 Å². The van der Waals surface area contributed by atoms with E-state index in [9.17, 15) is 9.18 Å². The topological polar surface area (TPSA) is 73.8 Å². The van der Waals surface area contributed by atoms with Gasteiger partial charge in [0, 0.05) is 11.8 Å². The van der Waals surface area contributed by atoms with E-state index in [4.69, 9.17) is 9.40 Å². The predicted octanol–water partition coefficient (Wildman–Crippen LogP) is 5.18. The van der Waals surface area contributed by atoms with Gasteiger partial charge in [0.05, 0.1) is 22.9 Å². The highest BCUT2D eigenvalue weighted by Gasteiger charge is 2.16. The molecule has 0 atom stereocenters. The summed E-state index contributed by atoms with van der Waals surface area (Å²) in [7, 11) is 0.